The Labute approximate surface area is 104 Å². The number of benzene rings is 1. The van der Waals surface area contributed by atoms with Crippen LogP contribution in [0.25, 0.3) is 11.1 Å². The first kappa shape index (κ1) is 12.1. The lowest BCUT2D eigenvalue weighted by atomic mass is 10.0. The minimum Gasteiger partial charge on any atom is -0.481 e. The molecule has 18 heavy (non-hydrogen) atoms. The summed E-state index contributed by atoms with van der Waals surface area (Å²) in [5.74, 6) is 0.174. The molecule has 90 valence electrons. The Morgan fingerprint density at radius 3 is 2.56 bits per heavy atom. The monoisotopic (exact) mass is 242 g/mol. The number of ether oxygens (including phenoxy) is 1. The lowest BCUT2D eigenvalue weighted by Gasteiger charge is -2.08. The summed E-state index contributed by atoms with van der Waals surface area (Å²) in [5.41, 5.74) is 2.28. The SMILES string of the molecule is COc1ccc(-c2ccc(F)cc2)c(CC#N)n1. The third kappa shape index (κ3) is 2.46. The van der Waals surface area contributed by atoms with Gasteiger partial charge in [0.2, 0.25) is 5.88 Å². The van der Waals surface area contributed by atoms with Crippen molar-refractivity contribution in [1.29, 1.82) is 5.26 Å². The zero-order valence-corrected chi connectivity index (χ0v) is 9.85. The maximum absolute atomic E-state index is 12.9. The molecule has 0 fully saturated rings. The fraction of sp³-hybridized carbons (Fsp3) is 0.143. The molecular formula is C14H11FN2O. The van der Waals surface area contributed by atoms with Crippen molar-refractivity contribution in [2.24, 2.45) is 0 Å². The van der Waals surface area contributed by atoms with Gasteiger partial charge in [0.1, 0.15) is 5.82 Å². The molecule has 0 bridgehead atoms. The van der Waals surface area contributed by atoms with E-state index in [1.807, 2.05) is 6.07 Å². The summed E-state index contributed by atoms with van der Waals surface area (Å²) in [4.78, 5) is 4.24. The van der Waals surface area contributed by atoms with Crippen LogP contribution in [0.3, 0.4) is 0 Å². The standard InChI is InChI=1S/C14H11FN2O/c1-18-14-7-6-12(13(17-14)8-9-16)10-2-4-11(15)5-3-10/h2-7H,8H2,1H3. The average Bonchev–Trinajstić information content (AvgIpc) is 2.40. The van der Waals surface area contributed by atoms with Gasteiger partial charge in [-0.05, 0) is 23.8 Å². The van der Waals surface area contributed by atoms with Crippen LogP contribution in [0.15, 0.2) is 36.4 Å². The second-order valence-electron chi connectivity index (χ2n) is 3.69. The van der Waals surface area contributed by atoms with Gasteiger partial charge in [0.25, 0.3) is 0 Å². The van der Waals surface area contributed by atoms with E-state index in [1.54, 1.807) is 18.2 Å². The summed E-state index contributed by atoms with van der Waals surface area (Å²) in [5, 5.41) is 8.81. The molecule has 0 aliphatic carbocycles. The molecule has 0 amide bonds. The maximum atomic E-state index is 12.9. The van der Waals surface area contributed by atoms with Gasteiger partial charge in [-0.25, -0.2) is 9.37 Å². The maximum Gasteiger partial charge on any atom is 0.213 e. The number of halogens is 1. The Morgan fingerprint density at radius 1 is 1.22 bits per heavy atom. The number of hydrogen-bond acceptors (Lipinski definition) is 3. The second-order valence-corrected chi connectivity index (χ2v) is 3.69. The third-order valence-corrected chi connectivity index (χ3v) is 2.56. The van der Waals surface area contributed by atoms with E-state index >= 15 is 0 Å². The Bertz CT molecular complexity index is 588. The summed E-state index contributed by atoms with van der Waals surface area (Å²) >= 11 is 0. The summed E-state index contributed by atoms with van der Waals surface area (Å²) in [6.07, 6.45) is 0.184. The zero-order chi connectivity index (χ0) is 13.0. The van der Waals surface area contributed by atoms with Gasteiger partial charge in [0, 0.05) is 11.6 Å². The number of nitriles is 1. The smallest absolute Gasteiger partial charge is 0.213 e. The number of aromatic nitrogens is 1. The highest BCUT2D eigenvalue weighted by molar-refractivity contribution is 5.66. The Hall–Kier alpha value is -2.41. The molecule has 0 atom stereocenters. The van der Waals surface area contributed by atoms with Crippen LogP contribution in [-0.2, 0) is 6.42 Å². The van der Waals surface area contributed by atoms with E-state index in [-0.39, 0.29) is 12.2 Å². The molecule has 1 aromatic carbocycles. The van der Waals surface area contributed by atoms with E-state index < -0.39 is 0 Å². The van der Waals surface area contributed by atoms with Crippen molar-refractivity contribution in [3.05, 3.63) is 47.9 Å². The van der Waals surface area contributed by atoms with Crippen LogP contribution in [-0.4, -0.2) is 12.1 Å². The quantitative estimate of drug-likeness (QED) is 0.831. The first-order chi connectivity index (χ1) is 8.74. The van der Waals surface area contributed by atoms with Crippen molar-refractivity contribution < 1.29 is 9.13 Å². The van der Waals surface area contributed by atoms with E-state index in [2.05, 4.69) is 11.1 Å². The molecule has 3 nitrogen and oxygen atoms in total. The van der Waals surface area contributed by atoms with Gasteiger partial charge >= 0.3 is 0 Å². The van der Waals surface area contributed by atoms with E-state index in [4.69, 9.17) is 10.00 Å². The number of rotatable bonds is 3. The predicted octanol–water partition coefficient (Wildman–Crippen LogP) is 2.96. The predicted molar refractivity (Wildman–Crippen MR) is 65.5 cm³/mol. The van der Waals surface area contributed by atoms with Crippen molar-refractivity contribution in [2.75, 3.05) is 7.11 Å². The lowest BCUT2D eigenvalue weighted by Crippen LogP contribution is -1.96. The highest BCUT2D eigenvalue weighted by atomic mass is 19.1. The summed E-state index contributed by atoms with van der Waals surface area (Å²) < 4.78 is 17.9. The minimum absolute atomic E-state index is 0.184. The van der Waals surface area contributed by atoms with Crippen LogP contribution in [0.4, 0.5) is 4.39 Å². The largest absolute Gasteiger partial charge is 0.481 e. The fourth-order valence-corrected chi connectivity index (χ4v) is 1.70. The van der Waals surface area contributed by atoms with E-state index in [0.717, 1.165) is 11.1 Å². The van der Waals surface area contributed by atoms with Crippen molar-refractivity contribution in [3.8, 4) is 23.1 Å². The van der Waals surface area contributed by atoms with Crippen LogP contribution in [0, 0.1) is 17.1 Å². The van der Waals surface area contributed by atoms with Gasteiger partial charge in [0.15, 0.2) is 0 Å². The third-order valence-electron chi connectivity index (χ3n) is 2.56. The number of methoxy groups -OCH3 is 1. The van der Waals surface area contributed by atoms with Crippen LogP contribution >= 0.6 is 0 Å². The van der Waals surface area contributed by atoms with Crippen molar-refractivity contribution in [3.63, 3.8) is 0 Å². The van der Waals surface area contributed by atoms with Crippen LogP contribution in [0.1, 0.15) is 5.69 Å². The lowest BCUT2D eigenvalue weighted by molar-refractivity contribution is 0.397. The second kappa shape index (κ2) is 5.28. The van der Waals surface area contributed by atoms with Gasteiger partial charge in [-0.3, -0.25) is 0 Å². The van der Waals surface area contributed by atoms with Crippen molar-refractivity contribution in [1.82, 2.24) is 4.98 Å². The molecule has 0 unspecified atom stereocenters. The van der Waals surface area contributed by atoms with Gasteiger partial charge in [-0.1, -0.05) is 12.1 Å². The molecular weight excluding hydrogens is 231 g/mol. The average molecular weight is 242 g/mol. The first-order valence-corrected chi connectivity index (χ1v) is 5.41. The Morgan fingerprint density at radius 2 is 1.94 bits per heavy atom. The minimum atomic E-state index is -0.290. The molecule has 0 radical (unpaired) electrons. The Kier molecular flexibility index (Phi) is 3.54. The highest BCUT2D eigenvalue weighted by Crippen LogP contribution is 2.25. The summed E-state index contributed by atoms with van der Waals surface area (Å²) in [6, 6.07) is 11.7. The van der Waals surface area contributed by atoms with Gasteiger partial charge in [0.05, 0.1) is 25.3 Å². The molecule has 1 heterocycles. The van der Waals surface area contributed by atoms with E-state index in [9.17, 15) is 4.39 Å². The zero-order valence-electron chi connectivity index (χ0n) is 9.85. The molecule has 0 saturated heterocycles. The molecule has 4 heteroatoms. The van der Waals surface area contributed by atoms with E-state index in [0.29, 0.717) is 11.6 Å². The van der Waals surface area contributed by atoms with E-state index in [1.165, 1.54) is 19.2 Å². The fourth-order valence-electron chi connectivity index (χ4n) is 1.70. The molecule has 2 aromatic rings. The number of pyridine rings is 1. The molecule has 0 spiro atoms. The van der Waals surface area contributed by atoms with Crippen molar-refractivity contribution in [2.45, 2.75) is 6.42 Å². The Balaban J connectivity index is 2.49. The van der Waals surface area contributed by atoms with Crippen LogP contribution < -0.4 is 4.74 Å². The van der Waals surface area contributed by atoms with Crippen LogP contribution in [0.5, 0.6) is 5.88 Å². The summed E-state index contributed by atoms with van der Waals surface area (Å²) in [6.45, 7) is 0. The van der Waals surface area contributed by atoms with Crippen LogP contribution in [0.2, 0.25) is 0 Å². The normalized spacial score (nSPS) is 9.83. The van der Waals surface area contributed by atoms with Gasteiger partial charge in [-0.15, -0.1) is 0 Å². The van der Waals surface area contributed by atoms with Crippen molar-refractivity contribution >= 4 is 0 Å². The molecule has 2 rings (SSSR count). The topological polar surface area (TPSA) is 45.9 Å². The van der Waals surface area contributed by atoms with Gasteiger partial charge < -0.3 is 4.74 Å². The number of nitrogens with zero attached hydrogens (tertiary/aromatic N) is 2. The molecule has 0 N–H and O–H groups in total. The molecule has 1 aromatic heterocycles. The first-order valence-electron chi connectivity index (χ1n) is 5.41. The molecule has 0 aliphatic rings. The summed E-state index contributed by atoms with van der Waals surface area (Å²) in [7, 11) is 1.52. The van der Waals surface area contributed by atoms with Gasteiger partial charge in [-0.2, -0.15) is 5.26 Å². The number of hydrogen-bond donors (Lipinski definition) is 0. The molecule has 0 aliphatic heterocycles. The highest BCUT2D eigenvalue weighted by Gasteiger charge is 2.08. The molecule has 0 saturated carbocycles.